The van der Waals surface area contributed by atoms with E-state index in [0.717, 1.165) is 41.0 Å². The molecular formula is C23H24FN7O. The Bertz CT molecular complexity index is 1390. The summed E-state index contributed by atoms with van der Waals surface area (Å²) in [7, 11) is 3.67. The second-order valence-corrected chi connectivity index (χ2v) is 8.86. The quantitative estimate of drug-likeness (QED) is 0.497. The van der Waals surface area contributed by atoms with Crippen LogP contribution in [0.5, 0.6) is 0 Å². The number of hydrogen-bond donors (Lipinski definition) is 0. The fraction of sp³-hybridized carbons (Fsp3) is 0.391. The summed E-state index contributed by atoms with van der Waals surface area (Å²) in [6, 6.07) is 3.39. The number of rotatable bonds is 3. The number of aryl methyl sites for hydroxylation is 2. The number of nitrogens with zero attached hydrogens (tertiary/aromatic N) is 7. The predicted molar refractivity (Wildman–Crippen MR) is 117 cm³/mol. The van der Waals surface area contributed by atoms with Crippen LogP contribution in [0.3, 0.4) is 0 Å². The Kier molecular flexibility index (Phi) is 4.05. The Labute approximate surface area is 184 Å². The average molecular weight is 433 g/mol. The molecule has 1 aliphatic carbocycles. The van der Waals surface area contributed by atoms with Crippen molar-refractivity contribution in [2.24, 2.45) is 14.1 Å². The third-order valence-electron chi connectivity index (χ3n) is 6.60. The minimum Gasteiger partial charge on any atom is -0.335 e. The average Bonchev–Trinajstić information content (AvgIpc) is 3.29. The zero-order valence-corrected chi connectivity index (χ0v) is 18.3. The van der Waals surface area contributed by atoms with Crippen molar-refractivity contribution in [1.29, 1.82) is 0 Å². The predicted octanol–water partition coefficient (Wildman–Crippen LogP) is 3.22. The molecule has 0 saturated heterocycles. The minimum atomic E-state index is -0.332. The normalized spacial score (nSPS) is 16.1. The second-order valence-electron chi connectivity index (χ2n) is 8.86. The molecule has 1 fully saturated rings. The van der Waals surface area contributed by atoms with Crippen molar-refractivity contribution in [2.45, 2.75) is 38.8 Å². The fourth-order valence-electron chi connectivity index (χ4n) is 4.75. The Hall–Kier alpha value is -3.49. The SMILES string of the molecule is CC(=O)N1CCn2c(C3CC3)nc(-c3cc4c(-c5cnn(C)c5)nn(C)c4cc3F)c2C1. The van der Waals surface area contributed by atoms with E-state index < -0.39 is 0 Å². The summed E-state index contributed by atoms with van der Waals surface area (Å²) < 4.78 is 21.1. The van der Waals surface area contributed by atoms with Crippen molar-refractivity contribution in [3.05, 3.63) is 41.9 Å². The van der Waals surface area contributed by atoms with Gasteiger partial charge in [-0.3, -0.25) is 14.2 Å². The highest BCUT2D eigenvalue weighted by Gasteiger charge is 2.34. The number of halogens is 1. The first-order valence-corrected chi connectivity index (χ1v) is 10.9. The largest absolute Gasteiger partial charge is 0.335 e. The van der Waals surface area contributed by atoms with Crippen molar-refractivity contribution in [3.8, 4) is 22.5 Å². The van der Waals surface area contributed by atoms with Gasteiger partial charge in [0.15, 0.2) is 0 Å². The molecule has 32 heavy (non-hydrogen) atoms. The molecule has 1 saturated carbocycles. The molecule has 9 heteroatoms. The molecule has 0 bridgehead atoms. The summed E-state index contributed by atoms with van der Waals surface area (Å²) >= 11 is 0. The van der Waals surface area contributed by atoms with Crippen molar-refractivity contribution >= 4 is 16.8 Å². The lowest BCUT2D eigenvalue weighted by Gasteiger charge is -2.28. The highest BCUT2D eigenvalue weighted by molar-refractivity contribution is 5.96. The summed E-state index contributed by atoms with van der Waals surface area (Å²) in [6.07, 6.45) is 5.89. The second kappa shape index (κ2) is 6.75. The van der Waals surface area contributed by atoms with Gasteiger partial charge in [0, 0.05) is 68.8 Å². The number of amides is 1. The first-order chi connectivity index (χ1) is 15.4. The summed E-state index contributed by atoms with van der Waals surface area (Å²) in [5.74, 6) is 1.15. The van der Waals surface area contributed by atoms with Gasteiger partial charge >= 0.3 is 0 Å². The molecule has 0 N–H and O–H groups in total. The van der Waals surface area contributed by atoms with E-state index in [2.05, 4.69) is 14.8 Å². The molecule has 1 aromatic carbocycles. The third-order valence-corrected chi connectivity index (χ3v) is 6.60. The van der Waals surface area contributed by atoms with E-state index in [9.17, 15) is 4.79 Å². The van der Waals surface area contributed by atoms with Crippen LogP contribution in [0.1, 0.15) is 37.2 Å². The highest BCUT2D eigenvalue weighted by Crippen LogP contribution is 2.43. The Morgan fingerprint density at radius 2 is 1.97 bits per heavy atom. The van der Waals surface area contributed by atoms with Gasteiger partial charge in [-0.1, -0.05) is 0 Å². The summed E-state index contributed by atoms with van der Waals surface area (Å²) in [6.45, 7) is 3.39. The maximum Gasteiger partial charge on any atom is 0.219 e. The standard InChI is InChI=1S/C23H24FN7O/c1-13(32)30-6-7-31-20(12-30)22(26-23(31)14-4-5-14)16-8-17-19(9-18(16)24)29(3)27-21(17)15-10-25-28(2)11-15/h8-11,14H,4-7,12H2,1-3H3. The van der Waals surface area contributed by atoms with Crippen LogP contribution in [0.15, 0.2) is 24.5 Å². The molecule has 4 heterocycles. The maximum atomic E-state index is 15.5. The summed E-state index contributed by atoms with van der Waals surface area (Å²) in [5, 5.41) is 9.75. The molecule has 0 spiro atoms. The van der Waals surface area contributed by atoms with Gasteiger partial charge in [-0.25, -0.2) is 9.37 Å². The van der Waals surface area contributed by atoms with Crippen LogP contribution >= 0.6 is 0 Å². The molecule has 1 amide bonds. The van der Waals surface area contributed by atoms with Crippen LogP contribution in [0.2, 0.25) is 0 Å². The molecule has 8 nitrogen and oxygen atoms in total. The molecule has 1 aliphatic heterocycles. The number of aromatic nitrogens is 6. The number of carbonyl (C=O) groups excluding carboxylic acids is 1. The van der Waals surface area contributed by atoms with E-state index in [1.54, 1.807) is 27.4 Å². The van der Waals surface area contributed by atoms with Gasteiger partial charge in [0.2, 0.25) is 5.91 Å². The van der Waals surface area contributed by atoms with Gasteiger partial charge in [-0.15, -0.1) is 0 Å². The first-order valence-electron chi connectivity index (χ1n) is 10.9. The van der Waals surface area contributed by atoms with E-state index >= 15 is 4.39 Å². The summed E-state index contributed by atoms with van der Waals surface area (Å²) in [5.41, 5.74) is 4.36. The van der Waals surface area contributed by atoms with Crippen LogP contribution in [0.4, 0.5) is 4.39 Å². The first kappa shape index (κ1) is 19.2. The van der Waals surface area contributed by atoms with Gasteiger partial charge in [0.1, 0.15) is 17.3 Å². The Balaban J connectivity index is 1.56. The summed E-state index contributed by atoms with van der Waals surface area (Å²) in [4.78, 5) is 18.8. The smallest absolute Gasteiger partial charge is 0.219 e. The molecule has 6 rings (SSSR count). The number of carbonyl (C=O) groups is 1. The fourth-order valence-corrected chi connectivity index (χ4v) is 4.75. The van der Waals surface area contributed by atoms with E-state index in [1.807, 2.05) is 26.4 Å². The Morgan fingerprint density at radius 1 is 1.16 bits per heavy atom. The molecule has 0 unspecified atom stereocenters. The minimum absolute atomic E-state index is 0.0263. The van der Waals surface area contributed by atoms with Crippen LogP contribution in [0, 0.1) is 5.82 Å². The third kappa shape index (κ3) is 2.87. The lowest BCUT2D eigenvalue weighted by atomic mass is 10.0. The van der Waals surface area contributed by atoms with Crippen LogP contribution < -0.4 is 0 Å². The Morgan fingerprint density at radius 3 is 2.66 bits per heavy atom. The van der Waals surface area contributed by atoms with Gasteiger partial charge < -0.3 is 9.47 Å². The number of hydrogen-bond acceptors (Lipinski definition) is 4. The van der Waals surface area contributed by atoms with E-state index in [-0.39, 0.29) is 11.7 Å². The number of fused-ring (bicyclic) bond motifs is 2. The lowest BCUT2D eigenvalue weighted by molar-refractivity contribution is -0.130. The van der Waals surface area contributed by atoms with Crippen molar-refractivity contribution < 1.29 is 9.18 Å². The van der Waals surface area contributed by atoms with Crippen LogP contribution in [0.25, 0.3) is 33.4 Å². The lowest BCUT2D eigenvalue weighted by Crippen LogP contribution is -2.37. The molecular weight excluding hydrogens is 409 g/mol. The zero-order valence-electron chi connectivity index (χ0n) is 18.3. The van der Waals surface area contributed by atoms with E-state index in [1.165, 1.54) is 6.07 Å². The van der Waals surface area contributed by atoms with Crippen molar-refractivity contribution in [1.82, 2.24) is 34.0 Å². The number of imidazole rings is 1. The maximum absolute atomic E-state index is 15.5. The van der Waals surface area contributed by atoms with Gasteiger partial charge in [-0.05, 0) is 18.9 Å². The monoisotopic (exact) mass is 433 g/mol. The molecule has 0 atom stereocenters. The topological polar surface area (TPSA) is 73.8 Å². The molecule has 164 valence electrons. The van der Waals surface area contributed by atoms with E-state index in [4.69, 9.17) is 4.98 Å². The molecule has 4 aromatic rings. The van der Waals surface area contributed by atoms with Crippen LogP contribution in [-0.4, -0.2) is 46.5 Å². The van der Waals surface area contributed by atoms with Crippen molar-refractivity contribution in [3.63, 3.8) is 0 Å². The highest BCUT2D eigenvalue weighted by atomic mass is 19.1. The van der Waals surface area contributed by atoms with Gasteiger partial charge in [-0.2, -0.15) is 10.2 Å². The molecule has 3 aromatic heterocycles. The molecule has 2 aliphatic rings. The van der Waals surface area contributed by atoms with E-state index in [0.29, 0.717) is 42.3 Å². The zero-order chi connectivity index (χ0) is 22.1. The molecule has 0 radical (unpaired) electrons. The van der Waals surface area contributed by atoms with Gasteiger partial charge in [0.25, 0.3) is 0 Å². The van der Waals surface area contributed by atoms with Crippen molar-refractivity contribution in [2.75, 3.05) is 6.54 Å². The number of benzene rings is 1. The van der Waals surface area contributed by atoms with Gasteiger partial charge in [0.05, 0.1) is 29.6 Å². The van der Waals surface area contributed by atoms with Crippen LogP contribution in [-0.2, 0) is 32.0 Å².